The molecule has 0 radical (unpaired) electrons. The molecule has 1 saturated heterocycles. The summed E-state index contributed by atoms with van der Waals surface area (Å²) < 4.78 is 21.9. The van der Waals surface area contributed by atoms with Crippen LogP contribution in [0, 0.1) is 11.2 Å². The fraction of sp³-hybridized carbons (Fsp3) is 0.346. The first kappa shape index (κ1) is 23.8. The molecule has 5 rings (SSSR count). The third-order valence-electron chi connectivity index (χ3n) is 6.82. The molecule has 2 aromatic carbocycles. The van der Waals surface area contributed by atoms with Crippen LogP contribution in [0.25, 0.3) is 10.9 Å². The molecule has 1 aromatic heterocycles. The highest BCUT2D eigenvalue weighted by Crippen LogP contribution is 2.40. The number of oxime groups is 1. The predicted octanol–water partition coefficient (Wildman–Crippen LogP) is 3.89. The van der Waals surface area contributed by atoms with E-state index in [4.69, 9.17) is 15.7 Å². The summed E-state index contributed by atoms with van der Waals surface area (Å²) in [5, 5.41) is 13.4. The largest absolute Gasteiger partial charge is 0.511 e. The van der Waals surface area contributed by atoms with E-state index in [1.54, 1.807) is 10.6 Å². The highest BCUT2D eigenvalue weighted by molar-refractivity contribution is 5.98. The monoisotopic (exact) mass is 494 g/mol. The molecule has 0 spiro atoms. The predicted molar refractivity (Wildman–Crippen MR) is 133 cm³/mol. The van der Waals surface area contributed by atoms with Crippen LogP contribution < -0.4 is 20.8 Å². The number of rotatable bonds is 7. The standard InChI is InChI=1S/C26H27FN4O5/c1-26(14-28)15-30(12-23(26)29-35-13-16-5-3-2-4-6-16)21-10-20-18(9-19(21)27)24(32)22(36-25(33)34)11-31(20)17-7-8-17/h2-6,9-11,17H,7-8,12-15,28H2,1H3,(H,33,34)/b29-23+. The fourth-order valence-electron chi connectivity index (χ4n) is 4.59. The second kappa shape index (κ2) is 9.27. The second-order valence-electron chi connectivity index (χ2n) is 9.57. The molecule has 2 aliphatic rings. The lowest BCUT2D eigenvalue weighted by Crippen LogP contribution is -2.36. The maximum Gasteiger partial charge on any atom is 0.511 e. The van der Waals surface area contributed by atoms with Gasteiger partial charge in [-0.2, -0.15) is 0 Å². The van der Waals surface area contributed by atoms with Crippen molar-refractivity contribution in [2.75, 3.05) is 24.5 Å². The molecule has 0 bridgehead atoms. The lowest BCUT2D eigenvalue weighted by atomic mass is 9.88. The number of fused-ring (bicyclic) bond motifs is 1. The average molecular weight is 495 g/mol. The molecule has 9 nitrogen and oxygen atoms in total. The topological polar surface area (TPSA) is 119 Å². The molecule has 10 heteroatoms. The summed E-state index contributed by atoms with van der Waals surface area (Å²) in [6.45, 7) is 3.32. The van der Waals surface area contributed by atoms with Gasteiger partial charge in [-0.15, -0.1) is 0 Å². The number of carbonyl (C=O) groups is 1. The van der Waals surface area contributed by atoms with Crippen molar-refractivity contribution >= 4 is 28.5 Å². The maximum atomic E-state index is 15.4. The molecule has 3 N–H and O–H groups in total. The molecule has 36 heavy (non-hydrogen) atoms. The minimum absolute atomic E-state index is 0.0720. The number of benzene rings is 2. The van der Waals surface area contributed by atoms with Crippen LogP contribution in [0.15, 0.2) is 58.6 Å². The van der Waals surface area contributed by atoms with Crippen molar-refractivity contribution in [1.82, 2.24) is 4.57 Å². The van der Waals surface area contributed by atoms with Crippen molar-refractivity contribution in [2.45, 2.75) is 32.4 Å². The quantitative estimate of drug-likeness (QED) is 0.378. The molecule has 1 atom stereocenters. The minimum atomic E-state index is -1.59. The molecule has 2 heterocycles. The van der Waals surface area contributed by atoms with Gasteiger partial charge in [0.15, 0.2) is 5.75 Å². The highest BCUT2D eigenvalue weighted by atomic mass is 19.1. The van der Waals surface area contributed by atoms with Crippen molar-refractivity contribution < 1.29 is 23.9 Å². The molecule has 188 valence electrons. The first-order valence-corrected chi connectivity index (χ1v) is 11.8. The fourth-order valence-corrected chi connectivity index (χ4v) is 4.59. The van der Waals surface area contributed by atoms with Gasteiger partial charge in [-0.1, -0.05) is 42.4 Å². The zero-order valence-corrected chi connectivity index (χ0v) is 19.8. The molecular weight excluding hydrogens is 467 g/mol. The van der Waals surface area contributed by atoms with Gasteiger partial charge in [0.25, 0.3) is 0 Å². The van der Waals surface area contributed by atoms with E-state index >= 15 is 4.39 Å². The van der Waals surface area contributed by atoms with E-state index in [9.17, 15) is 9.59 Å². The number of hydrogen-bond donors (Lipinski definition) is 2. The van der Waals surface area contributed by atoms with E-state index in [0.29, 0.717) is 43.2 Å². The summed E-state index contributed by atoms with van der Waals surface area (Å²) >= 11 is 0. The normalized spacial score (nSPS) is 20.8. The van der Waals surface area contributed by atoms with Crippen molar-refractivity contribution in [3.05, 3.63) is 70.3 Å². The van der Waals surface area contributed by atoms with Crippen LogP contribution in [0.4, 0.5) is 14.9 Å². The number of carboxylic acid groups (broad SMARTS) is 1. The lowest BCUT2D eigenvalue weighted by molar-refractivity contribution is 0.128. The van der Waals surface area contributed by atoms with Gasteiger partial charge in [-0.25, -0.2) is 9.18 Å². The van der Waals surface area contributed by atoms with E-state index in [1.807, 2.05) is 42.2 Å². The third-order valence-corrected chi connectivity index (χ3v) is 6.82. The summed E-state index contributed by atoms with van der Waals surface area (Å²) in [5.41, 5.74) is 7.44. The molecule has 1 saturated carbocycles. The number of nitrogens with zero attached hydrogens (tertiary/aromatic N) is 3. The number of aromatic nitrogens is 1. The Balaban J connectivity index is 1.49. The Bertz CT molecular complexity index is 1400. The number of halogens is 1. The smallest absolute Gasteiger partial charge is 0.449 e. The van der Waals surface area contributed by atoms with Crippen LogP contribution in [-0.2, 0) is 11.4 Å². The number of nitrogens with two attached hydrogens (primary N) is 1. The summed E-state index contributed by atoms with van der Waals surface area (Å²) in [7, 11) is 0. The summed E-state index contributed by atoms with van der Waals surface area (Å²) in [6.07, 6.45) is 1.56. The van der Waals surface area contributed by atoms with Crippen molar-refractivity contribution in [3.8, 4) is 5.75 Å². The Morgan fingerprint density at radius 2 is 2.03 bits per heavy atom. The van der Waals surface area contributed by atoms with E-state index < -0.39 is 22.8 Å². The molecule has 2 fully saturated rings. The minimum Gasteiger partial charge on any atom is -0.449 e. The van der Waals surface area contributed by atoms with Gasteiger partial charge in [0.1, 0.15) is 12.4 Å². The highest BCUT2D eigenvalue weighted by Gasteiger charge is 2.41. The number of ether oxygens (including phenoxy) is 1. The summed E-state index contributed by atoms with van der Waals surface area (Å²) in [4.78, 5) is 31.3. The van der Waals surface area contributed by atoms with Gasteiger partial charge in [-0.05, 0) is 30.5 Å². The van der Waals surface area contributed by atoms with Crippen LogP contribution >= 0.6 is 0 Å². The zero-order valence-electron chi connectivity index (χ0n) is 19.8. The average Bonchev–Trinajstić information content (AvgIpc) is 3.65. The van der Waals surface area contributed by atoms with Crippen LogP contribution in [0.5, 0.6) is 5.75 Å². The number of pyridine rings is 1. The molecular formula is C26H27FN4O5. The number of hydrogen-bond acceptors (Lipinski definition) is 7. The van der Waals surface area contributed by atoms with Gasteiger partial charge in [0, 0.05) is 24.5 Å². The van der Waals surface area contributed by atoms with E-state index in [-0.39, 0.29) is 17.2 Å². The maximum absolute atomic E-state index is 15.4. The Morgan fingerprint density at radius 3 is 2.69 bits per heavy atom. The van der Waals surface area contributed by atoms with Gasteiger partial charge in [0.2, 0.25) is 5.43 Å². The van der Waals surface area contributed by atoms with Gasteiger partial charge < -0.3 is 29.9 Å². The Morgan fingerprint density at radius 1 is 1.28 bits per heavy atom. The Hall–Kier alpha value is -3.92. The Labute approximate surface area is 206 Å². The van der Waals surface area contributed by atoms with Gasteiger partial charge in [-0.3, -0.25) is 4.79 Å². The van der Waals surface area contributed by atoms with Gasteiger partial charge >= 0.3 is 6.16 Å². The summed E-state index contributed by atoms with van der Waals surface area (Å²) in [5.74, 6) is -0.934. The van der Waals surface area contributed by atoms with E-state index in [1.165, 1.54) is 6.20 Å². The van der Waals surface area contributed by atoms with Crippen LogP contribution in [0.3, 0.4) is 0 Å². The number of anilines is 1. The van der Waals surface area contributed by atoms with Crippen molar-refractivity contribution in [2.24, 2.45) is 16.3 Å². The molecule has 3 aromatic rings. The summed E-state index contributed by atoms with van der Waals surface area (Å²) in [6, 6.07) is 12.6. The van der Waals surface area contributed by atoms with Gasteiger partial charge in [0.05, 0.1) is 35.0 Å². The van der Waals surface area contributed by atoms with Crippen LogP contribution in [-0.4, -0.2) is 41.2 Å². The molecule has 1 aliphatic heterocycles. The van der Waals surface area contributed by atoms with E-state index in [0.717, 1.165) is 24.5 Å². The second-order valence-corrected chi connectivity index (χ2v) is 9.57. The molecule has 0 amide bonds. The van der Waals surface area contributed by atoms with Crippen molar-refractivity contribution in [3.63, 3.8) is 0 Å². The molecule has 1 unspecified atom stereocenters. The van der Waals surface area contributed by atoms with E-state index in [2.05, 4.69) is 9.89 Å². The first-order chi connectivity index (χ1) is 17.3. The first-order valence-electron chi connectivity index (χ1n) is 11.8. The SMILES string of the molecule is CC1(CN)CN(c2cc3c(cc2F)c(=O)c(OC(=O)O)cn3C2CC2)C/C1=N\OCc1ccccc1. The third kappa shape index (κ3) is 4.51. The lowest BCUT2D eigenvalue weighted by Gasteiger charge is -2.24. The Kier molecular flexibility index (Phi) is 6.13. The molecule has 1 aliphatic carbocycles. The van der Waals surface area contributed by atoms with Crippen molar-refractivity contribution in [1.29, 1.82) is 0 Å². The van der Waals surface area contributed by atoms with Crippen LogP contribution in [0.2, 0.25) is 0 Å². The van der Waals surface area contributed by atoms with Crippen LogP contribution in [0.1, 0.15) is 31.4 Å². The zero-order chi connectivity index (χ0) is 25.4.